The SMILES string of the molecule is CC(C)(CNC1CC(c2cccc(F)c2)C1)S(C)(=O)=O. The van der Waals surface area contributed by atoms with Crippen LogP contribution in [-0.4, -0.2) is 32.0 Å². The second-order valence-corrected chi connectivity index (χ2v) is 8.98. The lowest BCUT2D eigenvalue weighted by Crippen LogP contribution is -2.49. The first-order valence-corrected chi connectivity index (χ1v) is 8.76. The van der Waals surface area contributed by atoms with Gasteiger partial charge in [-0.1, -0.05) is 12.1 Å². The molecule has 5 heteroatoms. The monoisotopic (exact) mass is 299 g/mol. The average molecular weight is 299 g/mol. The molecule has 3 nitrogen and oxygen atoms in total. The Kier molecular flexibility index (Phi) is 4.21. The van der Waals surface area contributed by atoms with Crippen LogP contribution in [0.25, 0.3) is 0 Å². The van der Waals surface area contributed by atoms with Crippen LogP contribution in [-0.2, 0) is 9.84 Å². The standard InChI is InChI=1S/C15H22FNO2S/c1-15(2,20(3,18)19)10-17-14-8-12(9-14)11-5-4-6-13(16)7-11/h4-7,12,14,17H,8-10H2,1-3H3. The summed E-state index contributed by atoms with van der Waals surface area (Å²) in [5, 5.41) is 3.31. The first kappa shape index (κ1) is 15.4. The van der Waals surface area contributed by atoms with E-state index in [0.717, 1.165) is 18.4 Å². The highest BCUT2D eigenvalue weighted by molar-refractivity contribution is 7.92. The van der Waals surface area contributed by atoms with Gasteiger partial charge in [0.2, 0.25) is 0 Å². The Morgan fingerprint density at radius 3 is 2.55 bits per heavy atom. The summed E-state index contributed by atoms with van der Waals surface area (Å²) >= 11 is 0. The van der Waals surface area contributed by atoms with Crippen molar-refractivity contribution in [1.82, 2.24) is 5.32 Å². The number of sulfone groups is 1. The molecule has 1 aromatic carbocycles. The first-order chi connectivity index (χ1) is 9.19. The molecule has 1 saturated carbocycles. The van der Waals surface area contributed by atoms with Crippen molar-refractivity contribution < 1.29 is 12.8 Å². The molecule has 20 heavy (non-hydrogen) atoms. The largest absolute Gasteiger partial charge is 0.312 e. The molecule has 1 aliphatic carbocycles. The van der Waals surface area contributed by atoms with Gasteiger partial charge >= 0.3 is 0 Å². The maximum absolute atomic E-state index is 13.1. The third kappa shape index (κ3) is 3.38. The van der Waals surface area contributed by atoms with Gasteiger partial charge in [-0.2, -0.15) is 0 Å². The van der Waals surface area contributed by atoms with Crippen LogP contribution in [0.15, 0.2) is 24.3 Å². The molecule has 0 bridgehead atoms. The van der Waals surface area contributed by atoms with Gasteiger partial charge in [-0.05, 0) is 50.3 Å². The third-order valence-corrected chi connectivity index (χ3v) is 6.43. The molecule has 0 saturated heterocycles. The number of benzene rings is 1. The van der Waals surface area contributed by atoms with E-state index in [0.29, 0.717) is 18.5 Å². The predicted molar refractivity (Wildman–Crippen MR) is 79.1 cm³/mol. The Labute approximate surface area is 120 Å². The molecule has 0 aromatic heterocycles. The van der Waals surface area contributed by atoms with Crippen LogP contribution >= 0.6 is 0 Å². The molecule has 0 atom stereocenters. The minimum absolute atomic E-state index is 0.197. The Bertz CT molecular complexity index is 577. The molecule has 1 aromatic rings. The van der Waals surface area contributed by atoms with E-state index in [2.05, 4.69) is 5.32 Å². The van der Waals surface area contributed by atoms with Crippen molar-refractivity contribution in [3.05, 3.63) is 35.6 Å². The normalized spacial score (nSPS) is 23.4. The van der Waals surface area contributed by atoms with Gasteiger partial charge in [-0.3, -0.25) is 0 Å². The van der Waals surface area contributed by atoms with Crippen molar-refractivity contribution in [2.24, 2.45) is 0 Å². The van der Waals surface area contributed by atoms with E-state index in [1.54, 1.807) is 26.0 Å². The second-order valence-electron chi connectivity index (χ2n) is 6.33. The smallest absolute Gasteiger partial charge is 0.153 e. The van der Waals surface area contributed by atoms with E-state index in [9.17, 15) is 12.8 Å². The van der Waals surface area contributed by atoms with E-state index in [-0.39, 0.29) is 5.82 Å². The molecule has 0 spiro atoms. The number of nitrogens with one attached hydrogen (secondary N) is 1. The van der Waals surface area contributed by atoms with Gasteiger partial charge in [0.1, 0.15) is 5.82 Å². The van der Waals surface area contributed by atoms with E-state index < -0.39 is 14.6 Å². The summed E-state index contributed by atoms with van der Waals surface area (Å²) in [4.78, 5) is 0. The third-order valence-electron chi connectivity index (χ3n) is 4.28. The highest BCUT2D eigenvalue weighted by Gasteiger charge is 2.34. The Morgan fingerprint density at radius 1 is 1.35 bits per heavy atom. The zero-order valence-electron chi connectivity index (χ0n) is 12.2. The van der Waals surface area contributed by atoms with E-state index in [1.165, 1.54) is 12.3 Å². The lowest BCUT2D eigenvalue weighted by molar-refractivity contribution is 0.283. The van der Waals surface area contributed by atoms with Crippen LogP contribution in [0.4, 0.5) is 4.39 Å². The summed E-state index contributed by atoms with van der Waals surface area (Å²) in [5.41, 5.74) is 1.03. The molecule has 1 aliphatic rings. The molecule has 0 aliphatic heterocycles. The van der Waals surface area contributed by atoms with Crippen LogP contribution in [0.3, 0.4) is 0 Å². The minimum atomic E-state index is -3.07. The van der Waals surface area contributed by atoms with Crippen molar-refractivity contribution in [1.29, 1.82) is 0 Å². The fraction of sp³-hybridized carbons (Fsp3) is 0.600. The summed E-state index contributed by atoms with van der Waals surface area (Å²) in [7, 11) is -3.07. The molecule has 0 heterocycles. The number of rotatable bonds is 5. The predicted octanol–water partition coefficient (Wildman–Crippen LogP) is 2.48. The Balaban J connectivity index is 1.83. The van der Waals surface area contributed by atoms with Crippen LogP contribution in [0.2, 0.25) is 0 Å². The van der Waals surface area contributed by atoms with E-state index in [4.69, 9.17) is 0 Å². The highest BCUT2D eigenvalue weighted by atomic mass is 32.2. The van der Waals surface area contributed by atoms with Crippen molar-refractivity contribution in [3.8, 4) is 0 Å². The summed E-state index contributed by atoms with van der Waals surface area (Å²) in [6.07, 6.45) is 3.14. The summed E-state index contributed by atoms with van der Waals surface area (Å²) < 4.78 is 35.6. The van der Waals surface area contributed by atoms with Crippen molar-refractivity contribution >= 4 is 9.84 Å². The average Bonchev–Trinajstić information content (AvgIpc) is 2.25. The zero-order valence-corrected chi connectivity index (χ0v) is 13.0. The van der Waals surface area contributed by atoms with Gasteiger partial charge in [-0.15, -0.1) is 0 Å². The topological polar surface area (TPSA) is 46.2 Å². The number of hydrogen-bond donors (Lipinski definition) is 1. The van der Waals surface area contributed by atoms with E-state index >= 15 is 0 Å². The van der Waals surface area contributed by atoms with Crippen molar-refractivity contribution in [2.45, 2.75) is 43.4 Å². The van der Waals surface area contributed by atoms with Crippen LogP contribution in [0.1, 0.15) is 38.2 Å². The van der Waals surface area contributed by atoms with Gasteiger partial charge < -0.3 is 5.32 Å². The highest BCUT2D eigenvalue weighted by Crippen LogP contribution is 2.37. The van der Waals surface area contributed by atoms with Gasteiger partial charge in [0.05, 0.1) is 4.75 Å². The molecule has 1 fully saturated rings. The second kappa shape index (κ2) is 5.45. The molecular weight excluding hydrogens is 277 g/mol. The van der Waals surface area contributed by atoms with Gasteiger partial charge in [0.25, 0.3) is 0 Å². The van der Waals surface area contributed by atoms with Crippen LogP contribution in [0.5, 0.6) is 0 Å². The van der Waals surface area contributed by atoms with Crippen molar-refractivity contribution in [3.63, 3.8) is 0 Å². The Morgan fingerprint density at radius 2 is 2.00 bits per heavy atom. The summed E-state index contributed by atoms with van der Waals surface area (Å²) in [5.74, 6) is 0.182. The molecule has 0 amide bonds. The molecule has 0 radical (unpaired) electrons. The first-order valence-electron chi connectivity index (χ1n) is 6.87. The Hall–Kier alpha value is -0.940. The quantitative estimate of drug-likeness (QED) is 0.908. The lowest BCUT2D eigenvalue weighted by Gasteiger charge is -2.38. The van der Waals surface area contributed by atoms with Gasteiger partial charge in [0.15, 0.2) is 9.84 Å². The molecular formula is C15H22FNO2S. The summed E-state index contributed by atoms with van der Waals surface area (Å²) in [6.45, 7) is 3.92. The van der Waals surface area contributed by atoms with Crippen LogP contribution in [0, 0.1) is 5.82 Å². The van der Waals surface area contributed by atoms with E-state index in [1.807, 2.05) is 6.07 Å². The number of halogens is 1. The molecule has 1 N–H and O–H groups in total. The number of hydrogen-bond acceptors (Lipinski definition) is 3. The molecule has 112 valence electrons. The minimum Gasteiger partial charge on any atom is -0.312 e. The van der Waals surface area contributed by atoms with Crippen LogP contribution < -0.4 is 5.32 Å². The lowest BCUT2D eigenvalue weighted by atomic mass is 9.76. The maximum Gasteiger partial charge on any atom is 0.153 e. The fourth-order valence-corrected chi connectivity index (χ4v) is 2.68. The van der Waals surface area contributed by atoms with Crippen molar-refractivity contribution in [2.75, 3.05) is 12.8 Å². The molecule has 2 rings (SSSR count). The summed E-state index contributed by atoms with van der Waals surface area (Å²) in [6, 6.07) is 7.04. The fourth-order valence-electron chi connectivity index (χ4n) is 2.34. The van der Waals surface area contributed by atoms with Gasteiger partial charge in [-0.25, -0.2) is 12.8 Å². The van der Waals surface area contributed by atoms with Gasteiger partial charge in [0, 0.05) is 18.8 Å². The maximum atomic E-state index is 13.1. The zero-order chi connectivity index (χ0) is 15.0. The molecule has 0 unspecified atom stereocenters.